The average molecular weight is 292 g/mol. The molecule has 1 rings (SSSR count). The number of nitrogens with zero attached hydrogens (tertiary/aromatic N) is 1. The smallest absolute Gasteiger partial charge is 0.351 e. The number of carbonyl (C=O) groups excluding carboxylic acids is 1. The maximum absolute atomic E-state index is 11.7. The summed E-state index contributed by atoms with van der Waals surface area (Å²) >= 11 is 1.28. The predicted octanol–water partition coefficient (Wildman–Crippen LogP) is 2.77. The van der Waals surface area contributed by atoms with E-state index in [0.717, 1.165) is 11.4 Å². The van der Waals surface area contributed by atoms with Crippen LogP contribution in [0.3, 0.4) is 0 Å². The molecule has 20 heavy (non-hydrogen) atoms. The summed E-state index contributed by atoms with van der Waals surface area (Å²) in [6.07, 6.45) is 1.78. The van der Waals surface area contributed by atoms with Gasteiger partial charge in [0, 0.05) is 5.69 Å². The first kappa shape index (κ1) is 15.9. The van der Waals surface area contributed by atoms with Crippen LogP contribution >= 0.6 is 11.8 Å². The molecule has 6 heteroatoms. The van der Waals surface area contributed by atoms with Crippen LogP contribution in [-0.2, 0) is 9.53 Å². The fraction of sp³-hybridized carbons (Fsp3) is 0.286. The quantitative estimate of drug-likeness (QED) is 0.494. The number of anilines is 1. The first-order valence-electron chi connectivity index (χ1n) is 5.92. The Balaban J connectivity index is 2.98. The van der Waals surface area contributed by atoms with Gasteiger partial charge >= 0.3 is 5.97 Å². The van der Waals surface area contributed by atoms with E-state index in [1.807, 2.05) is 6.07 Å². The third kappa shape index (κ3) is 4.21. The number of nitrogens with one attached hydrogen (secondary N) is 1. The van der Waals surface area contributed by atoms with E-state index in [9.17, 15) is 4.79 Å². The van der Waals surface area contributed by atoms with E-state index in [2.05, 4.69) is 5.32 Å². The lowest BCUT2D eigenvalue weighted by Gasteiger charge is -2.11. The Morgan fingerprint density at radius 1 is 1.40 bits per heavy atom. The molecule has 0 fully saturated rings. The van der Waals surface area contributed by atoms with E-state index in [-0.39, 0.29) is 12.2 Å². The molecule has 0 amide bonds. The van der Waals surface area contributed by atoms with E-state index in [4.69, 9.17) is 14.7 Å². The minimum atomic E-state index is -0.625. The molecule has 0 aromatic heterocycles. The zero-order valence-corrected chi connectivity index (χ0v) is 12.4. The predicted molar refractivity (Wildman–Crippen MR) is 79.4 cm³/mol. The first-order valence-corrected chi connectivity index (χ1v) is 7.15. The van der Waals surface area contributed by atoms with Gasteiger partial charge in [0.15, 0.2) is 5.57 Å². The van der Waals surface area contributed by atoms with Gasteiger partial charge in [-0.05, 0) is 37.4 Å². The second-order valence-corrected chi connectivity index (χ2v) is 4.41. The summed E-state index contributed by atoms with van der Waals surface area (Å²) in [7, 11) is 1.59. The van der Waals surface area contributed by atoms with Crippen molar-refractivity contribution in [2.75, 3.05) is 25.3 Å². The van der Waals surface area contributed by atoms with Crippen LogP contribution in [-0.4, -0.2) is 25.9 Å². The number of hydrogen-bond acceptors (Lipinski definition) is 6. The summed E-state index contributed by atoms with van der Waals surface area (Å²) in [6.45, 7) is 1.93. The van der Waals surface area contributed by atoms with Crippen LogP contribution in [0.25, 0.3) is 0 Å². The third-order valence-electron chi connectivity index (χ3n) is 2.37. The number of methoxy groups -OCH3 is 1. The molecule has 0 heterocycles. The number of rotatable bonds is 6. The van der Waals surface area contributed by atoms with E-state index in [1.165, 1.54) is 11.8 Å². The SMILES string of the molecule is CCOC(=O)/C(C#N)=C(/Nc1ccc(OC)cc1)SC. The average Bonchev–Trinajstić information content (AvgIpc) is 2.48. The van der Waals surface area contributed by atoms with Crippen molar-refractivity contribution in [3.8, 4) is 11.8 Å². The van der Waals surface area contributed by atoms with Crippen molar-refractivity contribution in [1.29, 1.82) is 5.26 Å². The molecule has 0 aliphatic carbocycles. The Bertz CT molecular complexity index is 532. The van der Waals surface area contributed by atoms with Crippen molar-refractivity contribution in [2.24, 2.45) is 0 Å². The number of hydrogen-bond donors (Lipinski definition) is 1. The van der Waals surface area contributed by atoms with Crippen molar-refractivity contribution in [1.82, 2.24) is 0 Å². The molecule has 0 saturated carbocycles. The van der Waals surface area contributed by atoms with Crippen LogP contribution in [0.4, 0.5) is 5.69 Å². The number of ether oxygens (including phenoxy) is 2. The Labute approximate surface area is 122 Å². The highest BCUT2D eigenvalue weighted by molar-refractivity contribution is 8.02. The highest BCUT2D eigenvalue weighted by Crippen LogP contribution is 2.23. The Morgan fingerprint density at radius 3 is 2.50 bits per heavy atom. The lowest BCUT2D eigenvalue weighted by molar-refractivity contribution is -0.138. The topological polar surface area (TPSA) is 71.4 Å². The Kier molecular flexibility index (Phi) is 6.47. The molecule has 0 aliphatic rings. The zero-order valence-electron chi connectivity index (χ0n) is 11.6. The van der Waals surface area contributed by atoms with Crippen LogP contribution < -0.4 is 10.1 Å². The van der Waals surface area contributed by atoms with Crippen LogP contribution in [0, 0.1) is 11.3 Å². The van der Waals surface area contributed by atoms with Crippen LogP contribution in [0.15, 0.2) is 34.9 Å². The molecule has 5 nitrogen and oxygen atoms in total. The molecule has 0 radical (unpaired) electrons. The number of carbonyl (C=O) groups is 1. The van der Waals surface area contributed by atoms with Crippen molar-refractivity contribution in [2.45, 2.75) is 6.92 Å². The summed E-state index contributed by atoms with van der Waals surface area (Å²) < 4.78 is 9.93. The molecule has 0 saturated heterocycles. The van der Waals surface area contributed by atoms with E-state index >= 15 is 0 Å². The molecule has 0 unspecified atom stereocenters. The second kappa shape index (κ2) is 8.12. The molecular weight excluding hydrogens is 276 g/mol. The summed E-state index contributed by atoms with van der Waals surface area (Å²) in [5.74, 6) is 0.108. The van der Waals surface area contributed by atoms with Gasteiger partial charge in [-0.15, -0.1) is 11.8 Å². The largest absolute Gasteiger partial charge is 0.497 e. The zero-order chi connectivity index (χ0) is 15.0. The monoisotopic (exact) mass is 292 g/mol. The third-order valence-corrected chi connectivity index (χ3v) is 3.08. The summed E-state index contributed by atoms with van der Waals surface area (Å²) in [6, 6.07) is 9.06. The van der Waals surface area contributed by atoms with E-state index in [1.54, 1.807) is 44.6 Å². The van der Waals surface area contributed by atoms with Gasteiger partial charge in [0.2, 0.25) is 0 Å². The summed E-state index contributed by atoms with van der Waals surface area (Å²) in [5.41, 5.74) is 0.724. The van der Waals surface area contributed by atoms with Gasteiger partial charge in [-0.1, -0.05) is 0 Å². The van der Waals surface area contributed by atoms with Crippen molar-refractivity contribution in [3.63, 3.8) is 0 Å². The fourth-order valence-corrected chi connectivity index (χ4v) is 1.97. The van der Waals surface area contributed by atoms with Crippen molar-refractivity contribution < 1.29 is 14.3 Å². The van der Waals surface area contributed by atoms with Crippen LogP contribution in [0.1, 0.15) is 6.92 Å². The molecule has 1 aromatic rings. The maximum Gasteiger partial charge on any atom is 0.351 e. The highest BCUT2D eigenvalue weighted by Gasteiger charge is 2.16. The Hall–Kier alpha value is -2.13. The molecule has 0 atom stereocenters. The molecule has 1 aromatic carbocycles. The molecule has 1 N–H and O–H groups in total. The number of thioether (sulfide) groups is 1. The number of benzene rings is 1. The molecular formula is C14H16N2O3S. The van der Waals surface area contributed by atoms with E-state index < -0.39 is 5.97 Å². The molecule has 0 bridgehead atoms. The standard InChI is InChI=1S/C14H16N2O3S/c1-4-19-14(17)12(9-15)13(20-3)16-10-5-7-11(18-2)8-6-10/h5-8,16H,4H2,1-3H3/b13-12-. The second-order valence-electron chi connectivity index (χ2n) is 3.59. The van der Waals surface area contributed by atoms with Gasteiger partial charge in [0.1, 0.15) is 11.8 Å². The van der Waals surface area contributed by atoms with Gasteiger partial charge in [0.05, 0.1) is 18.7 Å². The fourth-order valence-electron chi connectivity index (χ4n) is 1.41. The number of esters is 1. The summed E-state index contributed by atoms with van der Waals surface area (Å²) in [4.78, 5) is 11.7. The molecule has 106 valence electrons. The highest BCUT2D eigenvalue weighted by atomic mass is 32.2. The minimum Gasteiger partial charge on any atom is -0.497 e. The summed E-state index contributed by atoms with van der Waals surface area (Å²) in [5, 5.41) is 12.6. The Morgan fingerprint density at radius 2 is 2.05 bits per heavy atom. The number of nitriles is 1. The van der Waals surface area contributed by atoms with Crippen LogP contribution in [0.5, 0.6) is 5.75 Å². The van der Waals surface area contributed by atoms with Crippen molar-refractivity contribution >= 4 is 23.4 Å². The first-order chi connectivity index (χ1) is 9.65. The van der Waals surface area contributed by atoms with Gasteiger partial charge in [-0.3, -0.25) is 0 Å². The minimum absolute atomic E-state index is 0.0323. The van der Waals surface area contributed by atoms with Gasteiger partial charge in [-0.2, -0.15) is 5.26 Å². The van der Waals surface area contributed by atoms with Gasteiger partial charge in [0.25, 0.3) is 0 Å². The van der Waals surface area contributed by atoms with Crippen molar-refractivity contribution in [3.05, 3.63) is 34.9 Å². The molecule has 0 aliphatic heterocycles. The van der Waals surface area contributed by atoms with E-state index in [0.29, 0.717) is 5.03 Å². The normalized spacial score (nSPS) is 11.1. The lowest BCUT2D eigenvalue weighted by Crippen LogP contribution is -2.11. The lowest BCUT2D eigenvalue weighted by atomic mass is 10.3. The molecule has 0 spiro atoms. The maximum atomic E-state index is 11.7. The van der Waals surface area contributed by atoms with Gasteiger partial charge in [-0.25, -0.2) is 4.79 Å². The van der Waals surface area contributed by atoms with Crippen LogP contribution in [0.2, 0.25) is 0 Å². The van der Waals surface area contributed by atoms with Gasteiger partial charge < -0.3 is 14.8 Å².